The molecule has 0 heterocycles. The molecule has 2 atom stereocenters. The number of aliphatic carboxylic acids is 1. The number of esters is 1. The van der Waals surface area contributed by atoms with Crippen molar-refractivity contribution in [1.82, 2.24) is 0 Å². The second kappa shape index (κ2) is 10.2. The quantitative estimate of drug-likeness (QED) is 0.538. The molecule has 1 N–H and O–H groups in total. The Morgan fingerprint density at radius 3 is 2.23 bits per heavy atom. The Morgan fingerprint density at radius 1 is 1.04 bits per heavy atom. The normalized spacial score (nSPS) is 13.3. The third kappa shape index (κ3) is 6.20. The van der Waals surface area contributed by atoms with Gasteiger partial charge in [-0.25, -0.2) is 4.79 Å². The average molecular weight is 352 g/mol. The lowest BCUT2D eigenvalue weighted by Gasteiger charge is -2.23. The molecule has 0 spiro atoms. The maximum atomic E-state index is 12.2. The largest absolute Gasteiger partial charge is 0.481 e. The van der Waals surface area contributed by atoms with Crippen LogP contribution >= 0.6 is 0 Å². The highest BCUT2D eigenvalue weighted by molar-refractivity contribution is 5.87. The molecule has 136 valence electrons. The zero-order chi connectivity index (χ0) is 18.8. The summed E-state index contributed by atoms with van der Waals surface area (Å²) in [6.45, 7) is 1.95. The second-order valence-electron chi connectivity index (χ2n) is 6.14. The highest BCUT2D eigenvalue weighted by Crippen LogP contribution is 2.20. The van der Waals surface area contributed by atoms with E-state index in [1.165, 1.54) is 6.08 Å². The molecular formula is C22H24O4. The van der Waals surface area contributed by atoms with Gasteiger partial charge in [0.1, 0.15) is 6.10 Å². The molecular weight excluding hydrogens is 328 g/mol. The molecule has 2 aromatic rings. The number of carboxylic acids is 1. The molecule has 0 aliphatic rings. The summed E-state index contributed by atoms with van der Waals surface area (Å²) in [5, 5.41) is 9.64. The van der Waals surface area contributed by atoms with Gasteiger partial charge in [-0.05, 0) is 30.0 Å². The Bertz CT molecular complexity index is 722. The summed E-state index contributed by atoms with van der Waals surface area (Å²) in [4.78, 5) is 24.0. The molecule has 0 bridgehead atoms. The highest BCUT2D eigenvalue weighted by Gasteiger charge is 2.30. The summed E-state index contributed by atoms with van der Waals surface area (Å²) in [6.07, 6.45) is 3.92. The van der Waals surface area contributed by atoms with E-state index in [9.17, 15) is 14.7 Å². The number of carbonyl (C=O) groups excluding carboxylic acids is 1. The van der Waals surface area contributed by atoms with Gasteiger partial charge in [0.05, 0.1) is 5.92 Å². The number of benzene rings is 2. The van der Waals surface area contributed by atoms with Crippen molar-refractivity contribution < 1.29 is 19.4 Å². The first kappa shape index (κ1) is 19.4. The molecule has 0 radical (unpaired) electrons. The number of hydrogen-bond acceptors (Lipinski definition) is 3. The molecule has 0 saturated heterocycles. The molecule has 0 fully saturated rings. The van der Waals surface area contributed by atoms with Crippen LogP contribution in [0.3, 0.4) is 0 Å². The van der Waals surface area contributed by atoms with Gasteiger partial charge < -0.3 is 9.84 Å². The van der Waals surface area contributed by atoms with Crippen molar-refractivity contribution in [3.63, 3.8) is 0 Å². The van der Waals surface area contributed by atoms with E-state index in [1.54, 1.807) is 6.08 Å². The van der Waals surface area contributed by atoms with Crippen LogP contribution < -0.4 is 0 Å². The van der Waals surface area contributed by atoms with Crippen LogP contribution in [0.5, 0.6) is 0 Å². The summed E-state index contributed by atoms with van der Waals surface area (Å²) in [5.41, 5.74) is 1.80. The number of carboxylic acid groups (broad SMARTS) is 1. The van der Waals surface area contributed by atoms with Gasteiger partial charge in [0, 0.05) is 6.08 Å². The molecule has 2 aromatic carbocycles. The van der Waals surface area contributed by atoms with Crippen molar-refractivity contribution in [3.8, 4) is 0 Å². The summed E-state index contributed by atoms with van der Waals surface area (Å²) in [5.74, 6) is -2.25. The Morgan fingerprint density at radius 2 is 1.65 bits per heavy atom. The zero-order valence-corrected chi connectivity index (χ0v) is 14.9. The van der Waals surface area contributed by atoms with E-state index in [4.69, 9.17) is 4.74 Å². The van der Waals surface area contributed by atoms with Crippen LogP contribution in [-0.2, 0) is 20.7 Å². The predicted molar refractivity (Wildman–Crippen MR) is 102 cm³/mol. The van der Waals surface area contributed by atoms with Crippen molar-refractivity contribution in [2.24, 2.45) is 5.92 Å². The van der Waals surface area contributed by atoms with E-state index in [0.717, 1.165) is 17.5 Å². The van der Waals surface area contributed by atoms with Gasteiger partial charge in [0.2, 0.25) is 0 Å². The van der Waals surface area contributed by atoms with E-state index in [1.807, 2.05) is 67.6 Å². The monoisotopic (exact) mass is 352 g/mol. The lowest BCUT2D eigenvalue weighted by atomic mass is 9.91. The topological polar surface area (TPSA) is 63.6 Å². The third-order valence-corrected chi connectivity index (χ3v) is 4.12. The van der Waals surface area contributed by atoms with Gasteiger partial charge in [-0.2, -0.15) is 0 Å². The lowest BCUT2D eigenvalue weighted by Crippen LogP contribution is -2.33. The molecule has 2 rings (SSSR count). The first-order valence-corrected chi connectivity index (χ1v) is 8.80. The SMILES string of the molecule is CCCC(OC(=O)C=Cc1ccccc1)C(Cc1ccccc1)C(=O)O. The van der Waals surface area contributed by atoms with Gasteiger partial charge in [0.25, 0.3) is 0 Å². The molecule has 26 heavy (non-hydrogen) atoms. The smallest absolute Gasteiger partial charge is 0.331 e. The third-order valence-electron chi connectivity index (χ3n) is 4.12. The van der Waals surface area contributed by atoms with Crippen molar-refractivity contribution >= 4 is 18.0 Å². The molecule has 0 aromatic heterocycles. The highest BCUT2D eigenvalue weighted by atomic mass is 16.5. The first-order valence-electron chi connectivity index (χ1n) is 8.80. The molecule has 0 aliphatic heterocycles. The Balaban J connectivity index is 2.07. The van der Waals surface area contributed by atoms with Crippen molar-refractivity contribution in [2.75, 3.05) is 0 Å². The number of ether oxygens (including phenoxy) is 1. The van der Waals surface area contributed by atoms with Crippen LogP contribution in [0.25, 0.3) is 6.08 Å². The van der Waals surface area contributed by atoms with E-state index in [2.05, 4.69) is 0 Å². The fourth-order valence-electron chi connectivity index (χ4n) is 2.79. The fourth-order valence-corrected chi connectivity index (χ4v) is 2.79. The molecule has 4 nitrogen and oxygen atoms in total. The summed E-state index contributed by atoms with van der Waals surface area (Å²) in [7, 11) is 0. The Kier molecular flexibility index (Phi) is 7.62. The maximum absolute atomic E-state index is 12.2. The van der Waals surface area contributed by atoms with Crippen LogP contribution in [0.1, 0.15) is 30.9 Å². The van der Waals surface area contributed by atoms with Crippen LogP contribution in [0.15, 0.2) is 66.7 Å². The number of rotatable bonds is 9. The first-order chi connectivity index (χ1) is 12.6. The summed E-state index contributed by atoms with van der Waals surface area (Å²) in [6, 6.07) is 18.8. The van der Waals surface area contributed by atoms with Crippen molar-refractivity contribution in [1.29, 1.82) is 0 Å². The molecule has 4 heteroatoms. The second-order valence-corrected chi connectivity index (χ2v) is 6.14. The Hall–Kier alpha value is -2.88. The van der Waals surface area contributed by atoms with E-state index in [0.29, 0.717) is 12.8 Å². The molecule has 0 saturated carbocycles. The van der Waals surface area contributed by atoms with Crippen molar-refractivity contribution in [2.45, 2.75) is 32.3 Å². The van der Waals surface area contributed by atoms with Crippen LogP contribution in [0.4, 0.5) is 0 Å². The summed E-state index contributed by atoms with van der Waals surface area (Å²) < 4.78 is 5.50. The maximum Gasteiger partial charge on any atom is 0.331 e. The van der Waals surface area contributed by atoms with Gasteiger partial charge in [0.15, 0.2) is 0 Å². The zero-order valence-electron chi connectivity index (χ0n) is 14.9. The van der Waals surface area contributed by atoms with Gasteiger partial charge in [-0.3, -0.25) is 4.79 Å². The van der Waals surface area contributed by atoms with E-state index >= 15 is 0 Å². The fraction of sp³-hybridized carbons (Fsp3) is 0.273. The minimum atomic E-state index is -0.952. The molecule has 0 amide bonds. The van der Waals surface area contributed by atoms with Crippen molar-refractivity contribution in [3.05, 3.63) is 77.9 Å². The number of carbonyl (C=O) groups is 2. The predicted octanol–water partition coefficient (Wildman–Crippen LogP) is 4.36. The van der Waals surface area contributed by atoms with Gasteiger partial charge in [-0.1, -0.05) is 74.0 Å². The molecule has 2 unspecified atom stereocenters. The van der Waals surface area contributed by atoms with Crippen LogP contribution in [0, 0.1) is 5.92 Å². The average Bonchev–Trinajstić information content (AvgIpc) is 2.65. The lowest BCUT2D eigenvalue weighted by molar-refractivity contribution is -0.155. The minimum absolute atomic E-state index is 0.330. The van der Waals surface area contributed by atoms with Gasteiger partial charge in [-0.15, -0.1) is 0 Å². The summed E-state index contributed by atoms with van der Waals surface area (Å²) >= 11 is 0. The number of hydrogen-bond donors (Lipinski definition) is 1. The van der Waals surface area contributed by atoms with Gasteiger partial charge >= 0.3 is 11.9 Å². The minimum Gasteiger partial charge on any atom is -0.481 e. The van der Waals surface area contributed by atoms with E-state index in [-0.39, 0.29) is 0 Å². The standard InChI is InChI=1S/C22H24O4/c1-2-9-20(19(22(24)25)16-18-12-7-4-8-13-18)26-21(23)15-14-17-10-5-3-6-11-17/h3-8,10-15,19-20H,2,9,16H2,1H3,(H,24,25). The molecule has 0 aliphatic carbocycles. The van der Waals surface area contributed by atoms with Crippen LogP contribution in [0.2, 0.25) is 0 Å². The van der Waals surface area contributed by atoms with E-state index < -0.39 is 24.0 Å². The Labute approximate surface area is 154 Å². The van der Waals surface area contributed by atoms with Crippen LogP contribution in [-0.4, -0.2) is 23.1 Å².